The van der Waals surface area contributed by atoms with Crippen molar-refractivity contribution in [2.24, 2.45) is 0 Å². The van der Waals surface area contributed by atoms with Gasteiger partial charge in [0.05, 0.1) is 12.9 Å². The lowest BCUT2D eigenvalue weighted by Crippen LogP contribution is -2.33. The summed E-state index contributed by atoms with van der Waals surface area (Å²) in [4.78, 5) is 30.3. The van der Waals surface area contributed by atoms with E-state index in [1.165, 1.54) is 10.9 Å². The highest BCUT2D eigenvalue weighted by Crippen LogP contribution is 2.35. The van der Waals surface area contributed by atoms with Crippen LogP contribution in [0.2, 0.25) is 0 Å². The summed E-state index contributed by atoms with van der Waals surface area (Å²) in [6.45, 7) is -0.287. The Kier molecular flexibility index (Phi) is 4.28. The average molecular weight is 385 g/mol. The topological polar surface area (TPSA) is 164 Å². The molecule has 0 unspecified atom stereocenters. The summed E-state index contributed by atoms with van der Waals surface area (Å²) in [5.41, 5.74) is 1.50. The Bertz CT molecular complexity index is 984. The minimum Gasteiger partial charge on any atom is -0.387 e. The first kappa shape index (κ1) is 17.5. The van der Waals surface area contributed by atoms with Crippen molar-refractivity contribution in [1.82, 2.24) is 23.9 Å². The molecule has 0 aliphatic carbocycles. The Morgan fingerprint density at radius 2 is 1.96 bits per heavy atom. The number of nitrogens with zero attached hydrogens (tertiary/aromatic N) is 5. The normalized spacial score (nSPS) is 26.9. The summed E-state index contributed by atoms with van der Waals surface area (Å²) in [6.07, 6.45) is 0.950. The fourth-order valence-electron chi connectivity index (χ4n) is 2.92. The monoisotopic (exact) mass is 385 g/mol. The van der Waals surface area contributed by atoms with Gasteiger partial charge >= 0.3 is 7.60 Å². The first-order valence-corrected chi connectivity index (χ1v) is 9.43. The van der Waals surface area contributed by atoms with Gasteiger partial charge in [0.2, 0.25) is 0 Å². The van der Waals surface area contributed by atoms with Gasteiger partial charge in [0.1, 0.15) is 31.0 Å². The number of rotatable bonds is 5. The van der Waals surface area contributed by atoms with Crippen LogP contribution < -0.4 is 0 Å². The fourth-order valence-corrected chi connectivity index (χ4v) is 3.26. The van der Waals surface area contributed by atoms with E-state index in [4.69, 9.17) is 19.3 Å². The second-order valence-corrected chi connectivity index (χ2v) is 7.53. The molecule has 26 heavy (non-hydrogen) atoms. The van der Waals surface area contributed by atoms with E-state index < -0.39 is 38.5 Å². The van der Waals surface area contributed by atoms with Crippen molar-refractivity contribution in [1.29, 1.82) is 0 Å². The van der Waals surface area contributed by atoms with Crippen LogP contribution in [0.25, 0.3) is 16.8 Å². The van der Waals surface area contributed by atoms with Crippen LogP contribution in [0.3, 0.4) is 0 Å². The average Bonchev–Trinajstić information content (AvgIpc) is 3.26. The SMILES string of the molecule is O=P(O)(O)COC[C@H]1O[C@@H](n2cnc3c2ncn2ccnc32)[C@H](O)[C@@H]1O. The number of hydrogen-bond acceptors (Lipinski definition) is 8. The number of imidazole rings is 2. The molecular weight excluding hydrogens is 369 g/mol. The molecule has 4 N–H and O–H groups in total. The molecule has 3 aromatic rings. The minimum atomic E-state index is -4.33. The van der Waals surface area contributed by atoms with Crippen LogP contribution in [0.4, 0.5) is 0 Å². The standard InChI is InChI=1S/C13H16N5O7P/c19-9-7(3-24-6-26(21,22)23)25-13(10(9)20)18-5-15-8-11-14-1-2-17(11)4-16-12(8)18/h1-2,4-5,7,9-10,13,19-20H,3,6H2,(H2,21,22,23)/t7-,9-,10-,13-/m1/s1. The van der Waals surface area contributed by atoms with Gasteiger partial charge in [-0.05, 0) is 0 Å². The highest BCUT2D eigenvalue weighted by molar-refractivity contribution is 7.51. The van der Waals surface area contributed by atoms with Gasteiger partial charge in [-0.25, -0.2) is 15.0 Å². The van der Waals surface area contributed by atoms with E-state index in [-0.39, 0.29) is 6.61 Å². The smallest absolute Gasteiger partial charge is 0.350 e. The molecule has 1 aliphatic heterocycles. The maximum absolute atomic E-state index is 10.8. The van der Waals surface area contributed by atoms with E-state index in [0.717, 1.165) is 0 Å². The maximum Gasteiger partial charge on any atom is 0.350 e. The van der Waals surface area contributed by atoms with E-state index in [2.05, 4.69) is 15.0 Å². The number of fused-ring (bicyclic) bond motifs is 3. The molecule has 4 heterocycles. The second kappa shape index (κ2) is 6.35. The van der Waals surface area contributed by atoms with Gasteiger partial charge in [0.25, 0.3) is 0 Å². The summed E-state index contributed by atoms with van der Waals surface area (Å²) in [5.74, 6) is 0. The number of hydrogen-bond donors (Lipinski definition) is 4. The van der Waals surface area contributed by atoms with Gasteiger partial charge in [0, 0.05) is 12.4 Å². The van der Waals surface area contributed by atoms with Crippen LogP contribution in [-0.4, -0.2) is 75.2 Å². The van der Waals surface area contributed by atoms with E-state index in [1.54, 1.807) is 23.1 Å². The molecule has 0 bridgehead atoms. The lowest BCUT2D eigenvalue weighted by molar-refractivity contribution is -0.0612. The molecule has 0 radical (unpaired) electrons. The number of aliphatic hydroxyl groups excluding tert-OH is 2. The predicted octanol–water partition coefficient (Wildman–Crippen LogP) is -1.15. The van der Waals surface area contributed by atoms with Crippen LogP contribution in [-0.2, 0) is 14.0 Å². The van der Waals surface area contributed by atoms with E-state index >= 15 is 0 Å². The Morgan fingerprint density at radius 1 is 1.15 bits per heavy atom. The zero-order chi connectivity index (χ0) is 18.5. The lowest BCUT2D eigenvalue weighted by atomic mass is 10.1. The third-order valence-electron chi connectivity index (χ3n) is 4.11. The summed E-state index contributed by atoms with van der Waals surface area (Å²) in [7, 11) is -4.33. The van der Waals surface area contributed by atoms with E-state index in [9.17, 15) is 14.8 Å². The zero-order valence-electron chi connectivity index (χ0n) is 13.2. The van der Waals surface area contributed by atoms with Gasteiger partial charge < -0.3 is 29.5 Å². The van der Waals surface area contributed by atoms with Gasteiger partial charge in [-0.3, -0.25) is 13.5 Å². The van der Waals surface area contributed by atoms with Crippen LogP contribution in [0.5, 0.6) is 0 Å². The molecule has 0 spiro atoms. The number of aliphatic hydroxyl groups is 2. The van der Waals surface area contributed by atoms with Gasteiger partial charge in [-0.2, -0.15) is 0 Å². The van der Waals surface area contributed by atoms with Crippen molar-refractivity contribution in [3.05, 3.63) is 25.0 Å². The van der Waals surface area contributed by atoms with Gasteiger partial charge in [0.15, 0.2) is 23.0 Å². The lowest BCUT2D eigenvalue weighted by Gasteiger charge is -2.16. The summed E-state index contributed by atoms with van der Waals surface area (Å²) >= 11 is 0. The third-order valence-corrected chi connectivity index (χ3v) is 4.62. The van der Waals surface area contributed by atoms with Crippen molar-refractivity contribution < 1.29 is 34.0 Å². The summed E-state index contributed by atoms with van der Waals surface area (Å²) in [5, 5.41) is 20.5. The highest BCUT2D eigenvalue weighted by atomic mass is 31.2. The Labute approximate surface area is 145 Å². The molecule has 4 atom stereocenters. The molecule has 0 amide bonds. The molecule has 0 saturated carbocycles. The van der Waals surface area contributed by atoms with Crippen molar-refractivity contribution >= 4 is 24.4 Å². The largest absolute Gasteiger partial charge is 0.387 e. The maximum atomic E-state index is 10.8. The molecule has 1 fully saturated rings. The third kappa shape index (κ3) is 3.01. The molecule has 0 aromatic carbocycles. The van der Waals surface area contributed by atoms with Crippen molar-refractivity contribution in [3.8, 4) is 0 Å². The molecule has 1 aliphatic rings. The first-order chi connectivity index (χ1) is 12.3. The predicted molar refractivity (Wildman–Crippen MR) is 85.1 cm³/mol. The number of aromatic nitrogens is 5. The molecule has 3 aromatic heterocycles. The van der Waals surface area contributed by atoms with Crippen molar-refractivity contribution in [2.75, 3.05) is 13.0 Å². The summed E-state index contributed by atoms with van der Waals surface area (Å²) in [6, 6.07) is 0. The Balaban J connectivity index is 1.58. The zero-order valence-corrected chi connectivity index (χ0v) is 14.1. The molecule has 4 rings (SSSR count). The van der Waals surface area contributed by atoms with Crippen LogP contribution in [0.1, 0.15) is 6.23 Å². The first-order valence-electron chi connectivity index (χ1n) is 7.63. The molecular formula is C13H16N5O7P. The molecule has 13 heteroatoms. The van der Waals surface area contributed by atoms with Gasteiger partial charge in [-0.15, -0.1) is 0 Å². The quantitative estimate of drug-likeness (QED) is 0.394. The second-order valence-electron chi connectivity index (χ2n) is 5.94. The Hall–Kier alpha value is -1.92. The van der Waals surface area contributed by atoms with Crippen molar-refractivity contribution in [2.45, 2.75) is 24.5 Å². The van der Waals surface area contributed by atoms with Crippen LogP contribution in [0.15, 0.2) is 25.0 Å². The highest BCUT2D eigenvalue weighted by Gasteiger charge is 2.44. The van der Waals surface area contributed by atoms with E-state index in [0.29, 0.717) is 16.8 Å². The van der Waals surface area contributed by atoms with Gasteiger partial charge in [-0.1, -0.05) is 0 Å². The Morgan fingerprint density at radius 3 is 2.73 bits per heavy atom. The van der Waals surface area contributed by atoms with Crippen molar-refractivity contribution in [3.63, 3.8) is 0 Å². The molecule has 140 valence electrons. The fraction of sp³-hybridized carbons (Fsp3) is 0.462. The summed E-state index contributed by atoms with van der Waals surface area (Å²) < 4.78 is 24.5. The number of ether oxygens (including phenoxy) is 2. The molecule has 12 nitrogen and oxygen atoms in total. The van der Waals surface area contributed by atoms with Crippen LogP contribution in [0, 0.1) is 0 Å². The molecule has 1 saturated heterocycles. The van der Waals surface area contributed by atoms with Crippen LogP contribution >= 0.6 is 7.60 Å². The van der Waals surface area contributed by atoms with E-state index in [1.807, 2.05) is 0 Å². The minimum absolute atomic E-state index is 0.287.